The average molecular weight is 1440 g/mol. The van der Waals surface area contributed by atoms with Crippen LogP contribution in [-0.4, -0.2) is 36.6 Å². The summed E-state index contributed by atoms with van der Waals surface area (Å²) >= 11 is 7.41. The summed E-state index contributed by atoms with van der Waals surface area (Å²) in [5, 5.41) is 12.7. The van der Waals surface area contributed by atoms with E-state index in [2.05, 4.69) is 402 Å². The third-order valence-corrected chi connectivity index (χ3v) is 24.4. The van der Waals surface area contributed by atoms with Gasteiger partial charge in [0.2, 0.25) is 0 Å². The molecule has 14 aromatic carbocycles. The number of aromatic nitrogens is 4. The van der Waals surface area contributed by atoms with E-state index in [9.17, 15) is 0 Å². The van der Waals surface area contributed by atoms with Crippen LogP contribution in [-0.2, 0) is 9.31 Å². The van der Waals surface area contributed by atoms with Crippen LogP contribution in [0, 0.1) is 0 Å². The zero-order valence-electron chi connectivity index (χ0n) is 57.7. The molecule has 0 radical (unpaired) electrons. The van der Waals surface area contributed by atoms with Gasteiger partial charge in [-0.2, -0.15) is 0 Å². The predicted octanol–water partition coefficient (Wildman–Crippen LogP) is 25.9. The molecule has 7 heterocycles. The van der Waals surface area contributed by atoms with Crippen LogP contribution in [0.1, 0.15) is 27.7 Å². The van der Waals surface area contributed by atoms with Gasteiger partial charge in [0.05, 0.1) is 44.3 Å². The Hall–Kier alpha value is -11.3. The number of hydrogen-bond acceptors (Lipinski definition) is 4. The highest BCUT2D eigenvalue weighted by Gasteiger charge is 2.52. The van der Waals surface area contributed by atoms with Crippen LogP contribution >= 0.6 is 38.6 Å². The van der Waals surface area contributed by atoms with E-state index < -0.39 is 0 Å². The minimum Gasteiger partial charge on any atom is -0.399 e. The molecule has 0 atom stereocenters. The second-order valence-electron chi connectivity index (χ2n) is 27.9. The maximum Gasteiger partial charge on any atom is 0.496 e. The SMILES string of the molecule is Brc1ccc2c(c1)c1ccc3ccn(-c4ccccc4)c3c1n2-c1ccccc1.CC1(C)OB(c2cccc3c2sc2c(-c4ccccc4)cccc23)OC1(C)C.c1ccc(-c2cccc3c2sc2c(-c4ccc5c(c4)c4ccc6ccn(-c7ccccc7)c6c4n5-c4ccccc4)cccc23)cc1. The lowest BCUT2D eigenvalue weighted by Gasteiger charge is -2.32. The lowest BCUT2D eigenvalue weighted by Crippen LogP contribution is -2.41. The fraction of sp³-hybridized carbons (Fsp3) is 0.0638. The lowest BCUT2D eigenvalue weighted by molar-refractivity contribution is 0.00578. The largest absolute Gasteiger partial charge is 0.496 e. The van der Waals surface area contributed by atoms with E-state index in [0.29, 0.717) is 0 Å². The van der Waals surface area contributed by atoms with Crippen molar-refractivity contribution in [2.75, 3.05) is 0 Å². The van der Waals surface area contributed by atoms with E-state index in [4.69, 9.17) is 9.31 Å². The molecule has 1 fully saturated rings. The molecule has 0 unspecified atom stereocenters. The number of hydrogen-bond donors (Lipinski definition) is 0. The standard InChI is InChI=1S/C44H28N2S.C26H17BrN2.C24H23BO2S/c1-4-12-29(13-5-1)34-18-10-20-37-38-21-11-19-35(44(38)47-43(34)37)31-23-25-40-39(28-31)36-24-22-30-26-27-45(32-14-6-2-7-15-32)41(30)42(36)46(40)33-16-8-3-9-17-33;27-19-12-14-24-23(17-19)22-13-11-18-15-16-28(20-7-3-1-4-8-20)25(18)26(22)29(24)21-9-5-2-6-10-21;1-23(2)24(3,4)27-25(26-23)20-15-9-14-19-18-13-8-12-17(21(18)28-22(19)20)16-10-6-5-7-11-16/h1-28H;1-17H;5-15H,1-4H3. The van der Waals surface area contributed by atoms with Gasteiger partial charge in [0.15, 0.2) is 0 Å². The van der Waals surface area contributed by atoms with Gasteiger partial charge >= 0.3 is 7.12 Å². The number of benzene rings is 14. The number of halogens is 1. The van der Waals surface area contributed by atoms with Crippen molar-refractivity contribution in [2.45, 2.75) is 38.9 Å². The molecule has 498 valence electrons. The number of para-hydroxylation sites is 4. The highest BCUT2D eigenvalue weighted by molar-refractivity contribution is 9.10. The first-order valence-corrected chi connectivity index (χ1v) is 37.8. The third kappa shape index (κ3) is 10.6. The van der Waals surface area contributed by atoms with Crippen LogP contribution in [0.4, 0.5) is 0 Å². The van der Waals surface area contributed by atoms with Crippen LogP contribution in [0.2, 0.25) is 0 Å². The molecule has 0 N–H and O–H groups in total. The van der Waals surface area contributed by atoms with Crippen LogP contribution in [0.25, 0.3) is 162 Å². The molecule has 0 aliphatic carbocycles. The Morgan fingerprint density at radius 3 is 1.12 bits per heavy atom. The van der Waals surface area contributed by atoms with E-state index in [0.717, 1.165) is 21.3 Å². The molecule has 1 aliphatic heterocycles. The molecule has 21 rings (SSSR count). The molecule has 0 amide bonds. The highest BCUT2D eigenvalue weighted by atomic mass is 79.9. The Labute approximate surface area is 619 Å². The molecule has 10 heteroatoms. The maximum absolute atomic E-state index is 6.35. The van der Waals surface area contributed by atoms with Crippen molar-refractivity contribution < 1.29 is 9.31 Å². The van der Waals surface area contributed by atoms with E-state index in [1.54, 1.807) is 0 Å². The molecular formula is C94H68BBrN4O2S2. The van der Waals surface area contributed by atoms with Gasteiger partial charge in [-0.3, -0.25) is 0 Å². The van der Waals surface area contributed by atoms with E-state index in [-0.39, 0.29) is 18.3 Å². The van der Waals surface area contributed by atoms with E-state index >= 15 is 0 Å². The quantitative estimate of drug-likeness (QED) is 0.142. The predicted molar refractivity (Wildman–Crippen MR) is 447 cm³/mol. The summed E-state index contributed by atoms with van der Waals surface area (Å²) in [4.78, 5) is 0. The summed E-state index contributed by atoms with van der Waals surface area (Å²) in [5.41, 5.74) is 20.0. The van der Waals surface area contributed by atoms with Crippen molar-refractivity contribution in [3.8, 4) is 56.1 Å². The molecule has 104 heavy (non-hydrogen) atoms. The van der Waals surface area contributed by atoms with Crippen LogP contribution < -0.4 is 5.46 Å². The highest BCUT2D eigenvalue weighted by Crippen LogP contribution is 2.48. The molecule has 0 saturated carbocycles. The molecule has 6 aromatic heterocycles. The Balaban J connectivity index is 0.000000113. The third-order valence-electron chi connectivity index (χ3n) is 21.3. The molecule has 6 nitrogen and oxygen atoms in total. The molecule has 1 aliphatic rings. The van der Waals surface area contributed by atoms with Gasteiger partial charge in [0, 0.05) is 112 Å². The number of thiophene rings is 2. The van der Waals surface area contributed by atoms with Crippen molar-refractivity contribution in [1.82, 2.24) is 18.3 Å². The molecule has 1 saturated heterocycles. The van der Waals surface area contributed by atoms with Gasteiger partial charge in [-0.05, 0) is 157 Å². The maximum atomic E-state index is 6.35. The van der Waals surface area contributed by atoms with E-state index in [1.807, 2.05) is 22.7 Å². The van der Waals surface area contributed by atoms with Crippen molar-refractivity contribution in [1.29, 1.82) is 0 Å². The van der Waals surface area contributed by atoms with Crippen LogP contribution in [0.5, 0.6) is 0 Å². The van der Waals surface area contributed by atoms with E-state index in [1.165, 1.54) is 151 Å². The van der Waals surface area contributed by atoms with Gasteiger partial charge in [-0.15, -0.1) is 22.7 Å². The second-order valence-corrected chi connectivity index (χ2v) is 30.8. The van der Waals surface area contributed by atoms with Gasteiger partial charge in [0.1, 0.15) is 0 Å². The van der Waals surface area contributed by atoms with Gasteiger partial charge in [0.25, 0.3) is 0 Å². The van der Waals surface area contributed by atoms with Gasteiger partial charge in [-0.1, -0.05) is 253 Å². The van der Waals surface area contributed by atoms with Crippen molar-refractivity contribution in [3.05, 3.63) is 344 Å². The Morgan fingerprint density at radius 2 is 0.673 bits per heavy atom. The zero-order valence-corrected chi connectivity index (χ0v) is 60.9. The zero-order chi connectivity index (χ0) is 69.8. The summed E-state index contributed by atoms with van der Waals surface area (Å²) in [6, 6.07) is 118. The summed E-state index contributed by atoms with van der Waals surface area (Å²) in [7, 11) is -0.345. The normalized spacial score (nSPS) is 13.5. The summed E-state index contributed by atoms with van der Waals surface area (Å²) in [5.74, 6) is 0. The molecule has 20 aromatic rings. The topological polar surface area (TPSA) is 38.2 Å². The minimum atomic E-state index is -0.345. The Bertz CT molecular complexity index is 6660. The van der Waals surface area contributed by atoms with Crippen LogP contribution in [0.3, 0.4) is 0 Å². The van der Waals surface area contributed by atoms with Gasteiger partial charge < -0.3 is 27.6 Å². The number of nitrogens with zero attached hydrogens (tertiary/aromatic N) is 4. The Morgan fingerprint density at radius 1 is 0.298 bits per heavy atom. The first-order valence-electron chi connectivity index (χ1n) is 35.4. The summed E-state index contributed by atoms with van der Waals surface area (Å²) in [6.07, 6.45) is 4.37. The molecule has 0 bridgehead atoms. The monoisotopic (exact) mass is 1440 g/mol. The summed E-state index contributed by atoms with van der Waals surface area (Å²) in [6.45, 7) is 8.41. The fourth-order valence-electron chi connectivity index (χ4n) is 15.6. The number of rotatable bonds is 8. The lowest BCUT2D eigenvalue weighted by atomic mass is 9.78. The summed E-state index contributed by atoms with van der Waals surface area (Å²) < 4.78 is 28.5. The smallest absolute Gasteiger partial charge is 0.399 e. The van der Waals surface area contributed by atoms with Crippen molar-refractivity contribution >= 4 is 157 Å². The first-order chi connectivity index (χ1) is 51.0. The van der Waals surface area contributed by atoms with Gasteiger partial charge in [-0.25, -0.2) is 0 Å². The average Bonchev–Trinajstić information content (AvgIpc) is 1.62. The minimum absolute atomic E-state index is 0.342. The number of fused-ring (bicyclic) bond motifs is 16. The second kappa shape index (κ2) is 25.6. The Kier molecular flexibility index (Phi) is 15.6. The molecular weight excluding hydrogens is 1370 g/mol. The fourth-order valence-corrected chi connectivity index (χ4v) is 18.7. The first kappa shape index (κ1) is 63.6. The van der Waals surface area contributed by atoms with Crippen molar-refractivity contribution in [2.24, 2.45) is 0 Å². The van der Waals surface area contributed by atoms with Crippen molar-refractivity contribution in [3.63, 3.8) is 0 Å². The van der Waals surface area contributed by atoms with Crippen LogP contribution in [0.15, 0.2) is 344 Å². The molecule has 0 spiro atoms.